The van der Waals surface area contributed by atoms with Gasteiger partial charge in [0, 0.05) is 40.1 Å². The van der Waals surface area contributed by atoms with Crippen LogP contribution in [0.4, 0.5) is 10.2 Å². The number of hydrogen-bond donors (Lipinski definition) is 4. The number of aromatic nitrogens is 1. The topological polar surface area (TPSA) is 144 Å². The Labute approximate surface area is 207 Å². The SMILES string of the molecule is CCN=C(Br)C(=CN)CN=C(N=CN)c1ccc(F)cc1C(C)Oc1cc(Br)cnc1NO. The van der Waals surface area contributed by atoms with Gasteiger partial charge in [0.2, 0.25) is 0 Å². The molecule has 0 aliphatic heterocycles. The Bertz CT molecular complexity index is 1090. The molecule has 0 bridgehead atoms. The van der Waals surface area contributed by atoms with E-state index in [0.717, 1.165) is 6.34 Å². The Morgan fingerprint density at radius 2 is 2.09 bits per heavy atom. The van der Waals surface area contributed by atoms with Gasteiger partial charge in [-0.25, -0.2) is 19.8 Å². The Kier molecular flexibility index (Phi) is 10.4. The number of benzene rings is 1. The van der Waals surface area contributed by atoms with Crippen molar-refractivity contribution >= 4 is 54.5 Å². The van der Waals surface area contributed by atoms with Crippen molar-refractivity contribution in [1.29, 1.82) is 0 Å². The van der Waals surface area contributed by atoms with Crippen LogP contribution in [0.3, 0.4) is 0 Å². The van der Waals surface area contributed by atoms with Gasteiger partial charge in [0.25, 0.3) is 0 Å². The minimum Gasteiger partial charge on any atom is -0.482 e. The normalized spacial score (nSPS) is 13.9. The summed E-state index contributed by atoms with van der Waals surface area (Å²) in [6.07, 6.45) is 3.32. The lowest BCUT2D eigenvalue weighted by atomic mass is 10.0. The molecule has 0 radical (unpaired) electrons. The summed E-state index contributed by atoms with van der Waals surface area (Å²) >= 11 is 6.69. The number of ether oxygens (including phenoxy) is 1. The van der Waals surface area contributed by atoms with Crippen LogP contribution >= 0.6 is 31.9 Å². The molecular formula is C21H24Br2FN7O2. The highest BCUT2D eigenvalue weighted by molar-refractivity contribution is 9.18. The molecule has 1 atom stereocenters. The summed E-state index contributed by atoms with van der Waals surface area (Å²) in [5.41, 5.74) is 14.9. The first-order valence-corrected chi connectivity index (χ1v) is 11.3. The molecule has 1 heterocycles. The van der Waals surface area contributed by atoms with Gasteiger partial charge in [-0.1, -0.05) is 0 Å². The van der Waals surface area contributed by atoms with Crippen molar-refractivity contribution in [2.75, 3.05) is 18.6 Å². The van der Waals surface area contributed by atoms with Crippen LogP contribution < -0.4 is 21.7 Å². The third-order valence-corrected chi connectivity index (χ3v) is 5.47. The summed E-state index contributed by atoms with van der Waals surface area (Å²) < 4.78 is 21.4. The van der Waals surface area contributed by atoms with Gasteiger partial charge in [0.1, 0.15) is 16.5 Å². The van der Waals surface area contributed by atoms with Crippen molar-refractivity contribution in [2.24, 2.45) is 26.4 Å². The number of hydrogen-bond acceptors (Lipinski definition) is 7. The van der Waals surface area contributed by atoms with E-state index in [1.165, 1.54) is 24.5 Å². The van der Waals surface area contributed by atoms with E-state index in [2.05, 4.69) is 51.8 Å². The number of rotatable bonds is 9. The van der Waals surface area contributed by atoms with Crippen LogP contribution in [0.25, 0.3) is 0 Å². The fourth-order valence-electron chi connectivity index (χ4n) is 2.78. The fourth-order valence-corrected chi connectivity index (χ4v) is 3.59. The average Bonchev–Trinajstić information content (AvgIpc) is 2.79. The van der Waals surface area contributed by atoms with Gasteiger partial charge in [-0.05, 0) is 70.0 Å². The summed E-state index contributed by atoms with van der Waals surface area (Å²) in [5, 5.41) is 9.33. The van der Waals surface area contributed by atoms with Gasteiger partial charge >= 0.3 is 0 Å². The largest absolute Gasteiger partial charge is 0.482 e. The third-order valence-electron chi connectivity index (χ3n) is 4.28. The van der Waals surface area contributed by atoms with E-state index in [0.29, 0.717) is 32.3 Å². The van der Waals surface area contributed by atoms with Crippen LogP contribution in [0.15, 0.2) is 61.7 Å². The van der Waals surface area contributed by atoms with Gasteiger partial charge in [0.05, 0.1) is 12.9 Å². The Morgan fingerprint density at radius 3 is 2.73 bits per heavy atom. The maximum Gasteiger partial charge on any atom is 0.192 e. The monoisotopic (exact) mass is 583 g/mol. The maximum atomic E-state index is 14.2. The summed E-state index contributed by atoms with van der Waals surface area (Å²) in [5.74, 6) is 0.151. The lowest BCUT2D eigenvalue weighted by molar-refractivity contribution is 0.224. The molecule has 0 aliphatic rings. The first-order chi connectivity index (χ1) is 15.8. The molecule has 0 saturated heterocycles. The molecule has 33 heavy (non-hydrogen) atoms. The van der Waals surface area contributed by atoms with Gasteiger partial charge in [-0.2, -0.15) is 0 Å². The standard InChI is InChI=1S/C21H24Br2FN7O2/c1-3-27-19(23)13(8-25)9-28-20(30-11-26)16-5-4-15(24)7-17(16)12(2)33-18-6-14(22)10-29-21(18)31-32/h4-8,10-12,32H,3,9,25H2,1-2H3,(H,29,31)(H2,26,28,30). The van der Waals surface area contributed by atoms with Crippen LogP contribution in [0, 0.1) is 5.82 Å². The molecule has 0 amide bonds. The quantitative estimate of drug-likeness (QED) is 0.196. The van der Waals surface area contributed by atoms with Crippen molar-refractivity contribution in [3.05, 3.63) is 63.7 Å². The predicted molar refractivity (Wildman–Crippen MR) is 136 cm³/mol. The van der Waals surface area contributed by atoms with Crippen LogP contribution in [0.2, 0.25) is 0 Å². The van der Waals surface area contributed by atoms with Crippen molar-refractivity contribution < 1.29 is 14.3 Å². The molecular weight excluding hydrogens is 561 g/mol. The average molecular weight is 585 g/mol. The molecule has 0 aliphatic carbocycles. The lowest BCUT2D eigenvalue weighted by Crippen LogP contribution is -2.13. The predicted octanol–water partition coefficient (Wildman–Crippen LogP) is 4.31. The molecule has 176 valence electrons. The van der Waals surface area contributed by atoms with E-state index in [1.807, 2.05) is 12.4 Å². The van der Waals surface area contributed by atoms with E-state index in [4.69, 9.17) is 16.2 Å². The van der Waals surface area contributed by atoms with Crippen LogP contribution in [0.1, 0.15) is 31.1 Å². The molecule has 12 heteroatoms. The fraction of sp³-hybridized carbons (Fsp3) is 0.238. The van der Waals surface area contributed by atoms with Crippen molar-refractivity contribution in [3.8, 4) is 5.75 Å². The Balaban J connectivity index is 2.47. The second-order valence-electron chi connectivity index (χ2n) is 6.48. The third kappa shape index (κ3) is 7.34. The molecule has 1 aromatic heterocycles. The minimum atomic E-state index is -0.671. The number of pyridine rings is 1. The number of halogens is 3. The van der Waals surface area contributed by atoms with E-state index in [-0.39, 0.29) is 23.9 Å². The number of amidine groups is 1. The van der Waals surface area contributed by atoms with E-state index >= 15 is 0 Å². The van der Waals surface area contributed by atoms with Gasteiger partial charge in [0.15, 0.2) is 17.4 Å². The number of anilines is 1. The van der Waals surface area contributed by atoms with E-state index < -0.39 is 11.9 Å². The first-order valence-electron chi connectivity index (χ1n) is 9.76. The van der Waals surface area contributed by atoms with Crippen molar-refractivity contribution in [2.45, 2.75) is 20.0 Å². The number of nitrogens with two attached hydrogens (primary N) is 2. The molecule has 9 nitrogen and oxygen atoms in total. The summed E-state index contributed by atoms with van der Waals surface area (Å²) in [4.78, 5) is 17.0. The minimum absolute atomic E-state index is 0.106. The number of nitrogens with zero attached hydrogens (tertiary/aromatic N) is 4. The zero-order valence-electron chi connectivity index (χ0n) is 18.0. The number of nitrogens with one attached hydrogen (secondary N) is 1. The maximum absolute atomic E-state index is 14.2. The second-order valence-corrected chi connectivity index (χ2v) is 8.15. The molecule has 2 aromatic rings. The molecule has 0 spiro atoms. The summed E-state index contributed by atoms with van der Waals surface area (Å²) in [7, 11) is 0. The van der Waals surface area contributed by atoms with E-state index in [1.54, 1.807) is 19.1 Å². The van der Waals surface area contributed by atoms with Crippen LogP contribution in [-0.2, 0) is 0 Å². The van der Waals surface area contributed by atoms with E-state index in [9.17, 15) is 9.60 Å². The van der Waals surface area contributed by atoms with Gasteiger partial charge in [-0.3, -0.25) is 15.2 Å². The van der Waals surface area contributed by atoms with Crippen LogP contribution in [0.5, 0.6) is 5.75 Å². The highest BCUT2D eigenvalue weighted by atomic mass is 79.9. The number of aliphatic imine (C=N–C) groups is 3. The molecule has 6 N–H and O–H groups in total. The zero-order valence-corrected chi connectivity index (χ0v) is 21.1. The highest BCUT2D eigenvalue weighted by Gasteiger charge is 2.19. The summed E-state index contributed by atoms with van der Waals surface area (Å²) in [6, 6.07) is 5.79. The van der Waals surface area contributed by atoms with Crippen LogP contribution in [-0.4, -0.2) is 40.1 Å². The Hall–Kier alpha value is -2.83. The second kappa shape index (κ2) is 13.0. The smallest absolute Gasteiger partial charge is 0.192 e. The van der Waals surface area contributed by atoms with Gasteiger partial charge in [-0.15, -0.1) is 0 Å². The van der Waals surface area contributed by atoms with Crippen molar-refractivity contribution in [3.63, 3.8) is 0 Å². The van der Waals surface area contributed by atoms with Gasteiger partial charge < -0.3 is 16.2 Å². The first kappa shape index (κ1) is 26.4. The molecule has 0 fully saturated rings. The molecule has 1 unspecified atom stereocenters. The Morgan fingerprint density at radius 1 is 1.33 bits per heavy atom. The molecule has 1 aromatic carbocycles. The van der Waals surface area contributed by atoms with Crippen molar-refractivity contribution in [1.82, 2.24) is 4.98 Å². The molecule has 0 saturated carbocycles. The summed E-state index contributed by atoms with van der Waals surface area (Å²) in [6.45, 7) is 4.35. The molecule has 2 rings (SSSR count). The lowest BCUT2D eigenvalue weighted by Gasteiger charge is -2.20. The zero-order chi connectivity index (χ0) is 24.4. The highest BCUT2D eigenvalue weighted by Crippen LogP contribution is 2.31.